The van der Waals surface area contributed by atoms with Crippen molar-refractivity contribution in [2.24, 2.45) is 0 Å². The van der Waals surface area contributed by atoms with E-state index in [1.54, 1.807) is 6.07 Å². The summed E-state index contributed by atoms with van der Waals surface area (Å²) in [6.07, 6.45) is 1.74. The summed E-state index contributed by atoms with van der Waals surface area (Å²) >= 11 is 0. The van der Waals surface area contributed by atoms with Crippen LogP contribution < -0.4 is 11.1 Å². The van der Waals surface area contributed by atoms with E-state index >= 15 is 0 Å². The predicted molar refractivity (Wildman–Crippen MR) is 95.3 cm³/mol. The number of halogens is 1. The summed E-state index contributed by atoms with van der Waals surface area (Å²) in [6, 6.07) is 11.8. The summed E-state index contributed by atoms with van der Waals surface area (Å²) in [5, 5.41) is 6.37. The van der Waals surface area contributed by atoms with Gasteiger partial charge in [-0.05, 0) is 43.0 Å². The van der Waals surface area contributed by atoms with Gasteiger partial charge in [0.15, 0.2) is 5.82 Å². The van der Waals surface area contributed by atoms with Gasteiger partial charge in [-0.15, -0.1) is 0 Å². The van der Waals surface area contributed by atoms with Gasteiger partial charge in [-0.2, -0.15) is 0 Å². The molecule has 6 nitrogen and oxygen atoms in total. The summed E-state index contributed by atoms with van der Waals surface area (Å²) in [5.41, 5.74) is 3.13. The van der Waals surface area contributed by atoms with Crippen LogP contribution in [0.4, 0.5) is 10.1 Å². The molecule has 0 saturated carbocycles. The first-order chi connectivity index (χ1) is 12.5. The Morgan fingerprint density at radius 1 is 1.23 bits per heavy atom. The SMILES string of the molecule is Cc1ccc(F)cc1NC(=O)CCCc1ccc(-c2noc(=O)[nH]2)cc1. The number of benzene rings is 2. The molecule has 0 fully saturated rings. The van der Waals surface area contributed by atoms with E-state index in [1.165, 1.54) is 12.1 Å². The predicted octanol–water partition coefficient (Wildman–Crippen LogP) is 3.44. The number of nitrogens with one attached hydrogen (secondary N) is 2. The fraction of sp³-hybridized carbons (Fsp3) is 0.211. The molecule has 134 valence electrons. The Bertz CT molecular complexity index is 961. The fourth-order valence-corrected chi connectivity index (χ4v) is 2.58. The number of aromatic amines is 1. The van der Waals surface area contributed by atoms with Crippen molar-refractivity contribution in [1.29, 1.82) is 0 Å². The monoisotopic (exact) mass is 355 g/mol. The highest BCUT2D eigenvalue weighted by molar-refractivity contribution is 5.91. The Hall–Kier alpha value is -3.22. The number of hydrogen-bond donors (Lipinski definition) is 2. The van der Waals surface area contributed by atoms with Crippen molar-refractivity contribution in [2.45, 2.75) is 26.2 Å². The van der Waals surface area contributed by atoms with E-state index in [0.29, 0.717) is 24.4 Å². The molecule has 2 N–H and O–H groups in total. The topological polar surface area (TPSA) is 88.0 Å². The molecule has 0 unspecified atom stereocenters. The molecule has 0 atom stereocenters. The molecule has 0 bridgehead atoms. The number of carbonyl (C=O) groups is 1. The van der Waals surface area contributed by atoms with Crippen LogP contribution in [-0.2, 0) is 11.2 Å². The molecule has 1 heterocycles. The lowest BCUT2D eigenvalue weighted by Gasteiger charge is -2.08. The molecule has 1 aromatic heterocycles. The highest BCUT2D eigenvalue weighted by atomic mass is 19.1. The van der Waals surface area contributed by atoms with E-state index in [1.807, 2.05) is 31.2 Å². The van der Waals surface area contributed by atoms with Gasteiger partial charge in [0.2, 0.25) is 5.91 Å². The van der Waals surface area contributed by atoms with Crippen LogP contribution in [0.15, 0.2) is 51.8 Å². The van der Waals surface area contributed by atoms with Crippen molar-refractivity contribution in [1.82, 2.24) is 10.1 Å². The number of aromatic nitrogens is 2. The maximum Gasteiger partial charge on any atom is 0.439 e. The van der Waals surface area contributed by atoms with Crippen molar-refractivity contribution >= 4 is 11.6 Å². The van der Waals surface area contributed by atoms with Crippen molar-refractivity contribution < 1.29 is 13.7 Å². The van der Waals surface area contributed by atoms with Crippen LogP contribution in [0.3, 0.4) is 0 Å². The van der Waals surface area contributed by atoms with Gasteiger partial charge in [0.05, 0.1) is 0 Å². The van der Waals surface area contributed by atoms with Gasteiger partial charge in [-0.1, -0.05) is 35.5 Å². The molecule has 0 saturated heterocycles. The summed E-state index contributed by atoms with van der Waals surface area (Å²) in [5.74, 6) is -0.732. The summed E-state index contributed by atoms with van der Waals surface area (Å²) in [6.45, 7) is 1.82. The van der Waals surface area contributed by atoms with Crippen LogP contribution in [0.25, 0.3) is 11.4 Å². The lowest BCUT2D eigenvalue weighted by Crippen LogP contribution is -2.12. The highest BCUT2D eigenvalue weighted by Crippen LogP contribution is 2.18. The van der Waals surface area contributed by atoms with Gasteiger partial charge in [0, 0.05) is 17.7 Å². The number of amides is 1. The zero-order valence-electron chi connectivity index (χ0n) is 14.2. The number of carbonyl (C=O) groups excluding carboxylic acids is 1. The molecule has 0 radical (unpaired) electrons. The van der Waals surface area contributed by atoms with Gasteiger partial charge < -0.3 is 5.32 Å². The standard InChI is InChI=1S/C19H18FN3O3/c1-12-5-10-15(20)11-16(12)21-17(24)4-2-3-13-6-8-14(9-7-13)18-22-19(25)26-23-18/h5-11H,2-4H2,1H3,(H,21,24)(H,22,23,25). The van der Waals surface area contributed by atoms with Gasteiger partial charge in [0.1, 0.15) is 5.82 Å². The second-order valence-corrected chi connectivity index (χ2v) is 6.00. The van der Waals surface area contributed by atoms with E-state index in [4.69, 9.17) is 0 Å². The van der Waals surface area contributed by atoms with Gasteiger partial charge in [0.25, 0.3) is 0 Å². The zero-order chi connectivity index (χ0) is 18.5. The maximum atomic E-state index is 13.2. The van der Waals surface area contributed by atoms with Crippen molar-refractivity contribution in [2.75, 3.05) is 5.32 Å². The third-order valence-corrected chi connectivity index (χ3v) is 4.01. The van der Waals surface area contributed by atoms with Gasteiger partial charge in [-0.25, -0.2) is 9.18 Å². The number of nitrogens with zero attached hydrogens (tertiary/aromatic N) is 1. The Morgan fingerprint density at radius 3 is 2.69 bits per heavy atom. The second kappa shape index (κ2) is 7.77. The lowest BCUT2D eigenvalue weighted by atomic mass is 10.1. The quantitative estimate of drug-likeness (QED) is 0.709. The lowest BCUT2D eigenvalue weighted by molar-refractivity contribution is -0.116. The van der Waals surface area contributed by atoms with Crippen LogP contribution in [0, 0.1) is 12.7 Å². The van der Waals surface area contributed by atoms with Crippen molar-refractivity contribution in [3.63, 3.8) is 0 Å². The minimum Gasteiger partial charge on any atom is -0.326 e. The molecule has 0 aliphatic rings. The second-order valence-electron chi connectivity index (χ2n) is 6.00. The minimum atomic E-state index is -0.594. The Labute approximate surface area is 149 Å². The molecule has 3 rings (SSSR count). The minimum absolute atomic E-state index is 0.143. The van der Waals surface area contributed by atoms with E-state index < -0.39 is 5.76 Å². The Kier molecular flexibility index (Phi) is 5.26. The van der Waals surface area contributed by atoms with Gasteiger partial charge in [-0.3, -0.25) is 14.3 Å². The molecule has 3 aromatic rings. The van der Waals surface area contributed by atoms with Crippen molar-refractivity contribution in [3.8, 4) is 11.4 Å². The smallest absolute Gasteiger partial charge is 0.326 e. The normalized spacial score (nSPS) is 10.7. The summed E-state index contributed by atoms with van der Waals surface area (Å²) in [4.78, 5) is 25.5. The molecule has 26 heavy (non-hydrogen) atoms. The molecular formula is C19H18FN3O3. The van der Waals surface area contributed by atoms with Crippen LogP contribution >= 0.6 is 0 Å². The molecule has 2 aromatic carbocycles. The first kappa shape index (κ1) is 17.6. The van der Waals surface area contributed by atoms with Crippen LogP contribution in [-0.4, -0.2) is 16.0 Å². The largest absolute Gasteiger partial charge is 0.439 e. The average molecular weight is 355 g/mol. The van der Waals surface area contributed by atoms with E-state index in [2.05, 4.69) is 20.0 Å². The van der Waals surface area contributed by atoms with E-state index in [-0.39, 0.29) is 11.7 Å². The third-order valence-electron chi connectivity index (χ3n) is 4.01. The molecule has 1 amide bonds. The Balaban J connectivity index is 1.50. The first-order valence-electron chi connectivity index (χ1n) is 8.22. The Morgan fingerprint density at radius 2 is 2.00 bits per heavy atom. The third kappa shape index (κ3) is 4.44. The summed E-state index contributed by atoms with van der Waals surface area (Å²) < 4.78 is 17.7. The van der Waals surface area contributed by atoms with Crippen molar-refractivity contribution in [3.05, 3.63) is 70.0 Å². The fourth-order valence-electron chi connectivity index (χ4n) is 2.58. The number of rotatable bonds is 6. The van der Waals surface area contributed by atoms with Crippen LogP contribution in [0.5, 0.6) is 0 Å². The molecule has 0 aliphatic carbocycles. The number of aryl methyl sites for hydroxylation is 2. The molecule has 0 aliphatic heterocycles. The van der Waals surface area contributed by atoms with Gasteiger partial charge >= 0.3 is 5.76 Å². The highest BCUT2D eigenvalue weighted by Gasteiger charge is 2.07. The molecule has 0 spiro atoms. The van der Waals surface area contributed by atoms with E-state index in [9.17, 15) is 14.0 Å². The number of anilines is 1. The van der Waals surface area contributed by atoms with E-state index in [0.717, 1.165) is 23.1 Å². The molecular weight excluding hydrogens is 337 g/mol. The zero-order valence-corrected chi connectivity index (χ0v) is 14.2. The summed E-state index contributed by atoms with van der Waals surface area (Å²) in [7, 11) is 0. The maximum absolute atomic E-state index is 13.2. The van der Waals surface area contributed by atoms with Crippen LogP contribution in [0.2, 0.25) is 0 Å². The first-order valence-corrected chi connectivity index (χ1v) is 8.22. The average Bonchev–Trinajstić information content (AvgIpc) is 3.05. The number of hydrogen-bond acceptors (Lipinski definition) is 4. The van der Waals surface area contributed by atoms with Crippen LogP contribution in [0.1, 0.15) is 24.0 Å². The molecule has 7 heteroatoms. The number of H-pyrrole nitrogens is 1.